The van der Waals surface area contributed by atoms with Crippen LogP contribution in [0, 0.1) is 13.8 Å². The average molecular weight is 365 g/mol. The SMILES string of the molecule is Cc1cc(C)c2nc(CC(=O)NC(C)c3ccc4c(c3)OCCO4)[nH]c2c1. The summed E-state index contributed by atoms with van der Waals surface area (Å²) in [6, 6.07) is 9.77. The van der Waals surface area contributed by atoms with Crippen molar-refractivity contribution < 1.29 is 14.3 Å². The van der Waals surface area contributed by atoms with Crippen LogP contribution in [0.5, 0.6) is 11.5 Å². The molecule has 1 aliphatic rings. The minimum absolute atomic E-state index is 0.0779. The van der Waals surface area contributed by atoms with Crippen LogP contribution in [0.25, 0.3) is 11.0 Å². The number of nitrogens with zero attached hydrogens (tertiary/aromatic N) is 1. The second-order valence-corrected chi connectivity index (χ2v) is 7.03. The summed E-state index contributed by atoms with van der Waals surface area (Å²) >= 11 is 0. The summed E-state index contributed by atoms with van der Waals surface area (Å²) in [5.41, 5.74) is 5.14. The van der Waals surface area contributed by atoms with E-state index >= 15 is 0 Å². The number of fused-ring (bicyclic) bond motifs is 2. The van der Waals surface area contributed by atoms with Crippen molar-refractivity contribution in [2.24, 2.45) is 0 Å². The molecule has 1 aromatic heterocycles. The molecule has 0 saturated heterocycles. The largest absolute Gasteiger partial charge is 0.486 e. The second-order valence-electron chi connectivity index (χ2n) is 7.03. The lowest BCUT2D eigenvalue weighted by atomic mass is 10.1. The molecule has 0 spiro atoms. The van der Waals surface area contributed by atoms with Gasteiger partial charge in [-0.15, -0.1) is 0 Å². The third-order valence-corrected chi connectivity index (χ3v) is 4.74. The minimum atomic E-state index is -0.137. The van der Waals surface area contributed by atoms with Gasteiger partial charge in [-0.2, -0.15) is 0 Å². The lowest BCUT2D eigenvalue weighted by molar-refractivity contribution is -0.121. The van der Waals surface area contributed by atoms with Gasteiger partial charge in [-0.3, -0.25) is 4.79 Å². The fourth-order valence-corrected chi connectivity index (χ4v) is 3.46. The van der Waals surface area contributed by atoms with E-state index in [4.69, 9.17) is 9.47 Å². The van der Waals surface area contributed by atoms with Gasteiger partial charge in [0.15, 0.2) is 11.5 Å². The first-order valence-corrected chi connectivity index (χ1v) is 9.14. The van der Waals surface area contributed by atoms with E-state index in [1.807, 2.05) is 32.0 Å². The van der Waals surface area contributed by atoms with E-state index in [0.717, 1.165) is 33.7 Å². The Bertz CT molecular complexity index is 1010. The maximum absolute atomic E-state index is 12.5. The lowest BCUT2D eigenvalue weighted by Crippen LogP contribution is -2.28. The molecule has 2 N–H and O–H groups in total. The molecule has 1 unspecified atom stereocenters. The van der Waals surface area contributed by atoms with Crippen molar-refractivity contribution in [1.82, 2.24) is 15.3 Å². The third-order valence-electron chi connectivity index (χ3n) is 4.74. The zero-order valence-corrected chi connectivity index (χ0v) is 15.8. The fourth-order valence-electron chi connectivity index (χ4n) is 3.46. The van der Waals surface area contributed by atoms with E-state index in [0.29, 0.717) is 19.0 Å². The number of rotatable bonds is 4. The molecule has 2 aromatic carbocycles. The Morgan fingerprint density at radius 1 is 1.19 bits per heavy atom. The summed E-state index contributed by atoms with van der Waals surface area (Å²) in [7, 11) is 0. The van der Waals surface area contributed by atoms with Crippen molar-refractivity contribution in [2.45, 2.75) is 33.2 Å². The smallest absolute Gasteiger partial charge is 0.228 e. The van der Waals surface area contributed by atoms with Gasteiger partial charge in [0.1, 0.15) is 19.0 Å². The fraction of sp³-hybridized carbons (Fsp3) is 0.333. The van der Waals surface area contributed by atoms with E-state index in [1.165, 1.54) is 5.56 Å². The summed E-state index contributed by atoms with van der Waals surface area (Å²) in [6.45, 7) is 7.14. The summed E-state index contributed by atoms with van der Waals surface area (Å²) in [5.74, 6) is 2.07. The molecule has 4 rings (SSSR count). The van der Waals surface area contributed by atoms with Crippen molar-refractivity contribution in [3.05, 3.63) is 52.8 Å². The molecule has 3 aromatic rings. The van der Waals surface area contributed by atoms with Gasteiger partial charge in [0.25, 0.3) is 0 Å². The number of amides is 1. The predicted molar refractivity (Wildman–Crippen MR) is 103 cm³/mol. The molecule has 6 heteroatoms. The third kappa shape index (κ3) is 3.60. The molecule has 140 valence electrons. The standard InChI is InChI=1S/C21H23N3O3/c1-12-8-13(2)21-16(9-12)23-19(24-21)11-20(25)22-14(3)15-4-5-17-18(10-15)27-7-6-26-17/h4-5,8-10,14H,6-7,11H2,1-3H3,(H,22,25)(H,23,24). The molecular weight excluding hydrogens is 342 g/mol. The highest BCUT2D eigenvalue weighted by molar-refractivity contribution is 5.82. The first-order chi connectivity index (χ1) is 13.0. The van der Waals surface area contributed by atoms with Crippen LogP contribution in [0.2, 0.25) is 0 Å². The summed E-state index contributed by atoms with van der Waals surface area (Å²) in [4.78, 5) is 20.3. The molecule has 2 heterocycles. The summed E-state index contributed by atoms with van der Waals surface area (Å²) in [5, 5.41) is 3.03. The molecule has 1 amide bonds. The van der Waals surface area contributed by atoms with Crippen LogP contribution in [0.4, 0.5) is 0 Å². The van der Waals surface area contributed by atoms with E-state index in [9.17, 15) is 4.79 Å². The minimum Gasteiger partial charge on any atom is -0.486 e. The van der Waals surface area contributed by atoms with Gasteiger partial charge < -0.3 is 19.8 Å². The highest BCUT2D eigenvalue weighted by atomic mass is 16.6. The van der Waals surface area contributed by atoms with E-state index in [1.54, 1.807) is 0 Å². The quantitative estimate of drug-likeness (QED) is 0.743. The number of benzene rings is 2. The summed E-state index contributed by atoms with van der Waals surface area (Å²) < 4.78 is 11.2. The molecular formula is C21H23N3O3. The van der Waals surface area contributed by atoms with Crippen LogP contribution < -0.4 is 14.8 Å². The van der Waals surface area contributed by atoms with Crippen LogP contribution >= 0.6 is 0 Å². The number of hydrogen-bond donors (Lipinski definition) is 2. The molecule has 0 aliphatic carbocycles. The number of aromatic nitrogens is 2. The monoisotopic (exact) mass is 365 g/mol. The molecule has 0 fully saturated rings. The number of imidazole rings is 1. The highest BCUT2D eigenvalue weighted by Crippen LogP contribution is 2.32. The zero-order chi connectivity index (χ0) is 19.0. The Labute approximate surface area is 157 Å². The van der Waals surface area contributed by atoms with Gasteiger partial charge in [0, 0.05) is 0 Å². The molecule has 0 bridgehead atoms. The number of carbonyl (C=O) groups excluding carboxylic acids is 1. The number of hydrogen-bond acceptors (Lipinski definition) is 4. The number of aromatic amines is 1. The number of nitrogens with one attached hydrogen (secondary N) is 2. The zero-order valence-electron chi connectivity index (χ0n) is 15.8. The Morgan fingerprint density at radius 2 is 1.96 bits per heavy atom. The first-order valence-electron chi connectivity index (χ1n) is 9.14. The second kappa shape index (κ2) is 6.95. The normalized spacial score (nSPS) is 14.2. The predicted octanol–water partition coefficient (Wildman–Crippen LogP) is 3.37. The van der Waals surface area contributed by atoms with Crippen LogP contribution in [0.1, 0.15) is 35.5 Å². The van der Waals surface area contributed by atoms with Gasteiger partial charge in [0.05, 0.1) is 23.5 Å². The Morgan fingerprint density at radius 3 is 2.78 bits per heavy atom. The van der Waals surface area contributed by atoms with E-state index < -0.39 is 0 Å². The van der Waals surface area contributed by atoms with Crippen molar-refractivity contribution in [2.75, 3.05) is 13.2 Å². The molecule has 0 saturated carbocycles. The highest BCUT2D eigenvalue weighted by Gasteiger charge is 2.17. The Hall–Kier alpha value is -3.02. The number of H-pyrrole nitrogens is 1. The molecule has 0 radical (unpaired) electrons. The maximum Gasteiger partial charge on any atom is 0.228 e. The average Bonchev–Trinajstić information content (AvgIpc) is 3.03. The topological polar surface area (TPSA) is 76.2 Å². The van der Waals surface area contributed by atoms with Crippen molar-refractivity contribution in [3.63, 3.8) is 0 Å². The summed E-state index contributed by atoms with van der Waals surface area (Å²) in [6.07, 6.45) is 0.210. The van der Waals surface area contributed by atoms with E-state index in [-0.39, 0.29) is 18.4 Å². The Kier molecular flexibility index (Phi) is 4.48. The van der Waals surface area contributed by atoms with Crippen molar-refractivity contribution >= 4 is 16.9 Å². The van der Waals surface area contributed by atoms with Crippen LogP contribution in [-0.4, -0.2) is 29.1 Å². The van der Waals surface area contributed by atoms with Crippen molar-refractivity contribution in [3.8, 4) is 11.5 Å². The van der Waals surface area contributed by atoms with Gasteiger partial charge in [-0.25, -0.2) is 4.98 Å². The van der Waals surface area contributed by atoms with Gasteiger partial charge in [0.2, 0.25) is 5.91 Å². The van der Waals surface area contributed by atoms with Crippen molar-refractivity contribution in [1.29, 1.82) is 0 Å². The lowest BCUT2D eigenvalue weighted by Gasteiger charge is -2.21. The van der Waals surface area contributed by atoms with Gasteiger partial charge in [-0.05, 0) is 55.7 Å². The number of ether oxygens (including phenoxy) is 2. The number of carbonyl (C=O) groups is 1. The van der Waals surface area contributed by atoms with E-state index in [2.05, 4.69) is 34.3 Å². The molecule has 6 nitrogen and oxygen atoms in total. The molecule has 1 aliphatic heterocycles. The molecule has 1 atom stereocenters. The van der Waals surface area contributed by atoms with Crippen LogP contribution in [0.15, 0.2) is 30.3 Å². The first kappa shape index (κ1) is 17.4. The molecule has 27 heavy (non-hydrogen) atoms. The Balaban J connectivity index is 1.45. The van der Waals surface area contributed by atoms with Gasteiger partial charge >= 0.3 is 0 Å². The van der Waals surface area contributed by atoms with Crippen LogP contribution in [0.3, 0.4) is 0 Å². The van der Waals surface area contributed by atoms with Crippen LogP contribution in [-0.2, 0) is 11.2 Å². The van der Waals surface area contributed by atoms with Gasteiger partial charge in [-0.1, -0.05) is 12.1 Å². The number of aryl methyl sites for hydroxylation is 2. The maximum atomic E-state index is 12.5.